The Morgan fingerprint density at radius 3 is 2.36 bits per heavy atom. The van der Waals surface area contributed by atoms with Gasteiger partial charge in [-0.3, -0.25) is 4.79 Å². The number of hydrogen-bond acceptors (Lipinski definition) is 3. The summed E-state index contributed by atoms with van der Waals surface area (Å²) >= 11 is 0. The number of nitrogens with zero attached hydrogens (tertiary/aromatic N) is 1. The van der Waals surface area contributed by atoms with Crippen LogP contribution in [0.2, 0.25) is 0 Å². The van der Waals surface area contributed by atoms with E-state index in [2.05, 4.69) is 15.5 Å². The van der Waals surface area contributed by atoms with E-state index in [9.17, 15) is 18.0 Å². The number of amides is 1. The highest BCUT2D eigenvalue weighted by Crippen LogP contribution is 2.30. The minimum Gasteiger partial charge on any atom is -0.385 e. The van der Waals surface area contributed by atoms with Crippen LogP contribution in [0.1, 0.15) is 31.2 Å². The van der Waals surface area contributed by atoms with Crippen molar-refractivity contribution in [1.82, 2.24) is 0 Å². The highest BCUT2D eigenvalue weighted by atomic mass is 19.4. The molecule has 0 saturated carbocycles. The number of nitrogens with one attached hydrogen (secondary N) is 2. The number of carbonyl (C=O) groups excluding carboxylic acids is 1. The van der Waals surface area contributed by atoms with Crippen LogP contribution in [0.15, 0.2) is 48.5 Å². The van der Waals surface area contributed by atoms with Crippen LogP contribution >= 0.6 is 0 Å². The maximum Gasteiger partial charge on any atom is 0.416 e. The maximum atomic E-state index is 12.7. The molecule has 4 nitrogen and oxygen atoms in total. The summed E-state index contributed by atoms with van der Waals surface area (Å²) in [5, 5.41) is 5.67. The van der Waals surface area contributed by atoms with Crippen LogP contribution in [0.3, 0.4) is 0 Å². The molecule has 1 amide bonds. The van der Waals surface area contributed by atoms with E-state index in [1.54, 1.807) is 6.07 Å². The number of benzene rings is 2. The smallest absolute Gasteiger partial charge is 0.385 e. The Balaban J connectivity index is 1.45. The van der Waals surface area contributed by atoms with Crippen molar-refractivity contribution >= 4 is 23.0 Å². The molecule has 0 spiro atoms. The molecule has 0 aromatic heterocycles. The summed E-state index contributed by atoms with van der Waals surface area (Å²) in [6.07, 6.45) is -0.534. The second-order valence-corrected chi connectivity index (χ2v) is 6.90. The predicted octanol–water partition coefficient (Wildman–Crippen LogP) is 5.14. The Kier molecular flexibility index (Phi) is 6.44. The van der Waals surface area contributed by atoms with Crippen molar-refractivity contribution in [2.75, 3.05) is 35.2 Å². The first kappa shape index (κ1) is 20.0. The van der Waals surface area contributed by atoms with Crippen molar-refractivity contribution in [2.24, 2.45) is 0 Å². The second-order valence-electron chi connectivity index (χ2n) is 6.90. The van der Waals surface area contributed by atoms with Gasteiger partial charge in [0.05, 0.1) is 5.56 Å². The Bertz CT molecular complexity index is 784. The van der Waals surface area contributed by atoms with Crippen LogP contribution in [0, 0.1) is 0 Å². The molecule has 28 heavy (non-hydrogen) atoms. The molecule has 1 heterocycles. The third-order valence-electron chi connectivity index (χ3n) is 4.74. The van der Waals surface area contributed by atoms with Crippen LogP contribution in [0.5, 0.6) is 0 Å². The Hall–Kier alpha value is -2.70. The number of halogens is 3. The van der Waals surface area contributed by atoms with E-state index < -0.39 is 11.7 Å². The zero-order chi connectivity index (χ0) is 20.0. The summed E-state index contributed by atoms with van der Waals surface area (Å²) in [5.74, 6) is -0.190. The Morgan fingerprint density at radius 1 is 0.964 bits per heavy atom. The standard InChI is InChI=1S/C21H24F3N3O/c22-21(23,24)16-5-4-6-18(15-16)25-12-11-20(28)26-17-7-9-19(10-8-17)27-13-2-1-3-14-27/h4-10,15,25H,1-3,11-14H2,(H,26,28). The minimum absolute atomic E-state index is 0.157. The highest BCUT2D eigenvalue weighted by molar-refractivity contribution is 5.91. The van der Waals surface area contributed by atoms with Gasteiger partial charge in [0.2, 0.25) is 5.91 Å². The molecule has 2 aromatic carbocycles. The second kappa shape index (κ2) is 8.99. The van der Waals surface area contributed by atoms with Crippen LogP contribution in [0.4, 0.5) is 30.2 Å². The summed E-state index contributed by atoms with van der Waals surface area (Å²) in [5.41, 5.74) is 1.50. The lowest BCUT2D eigenvalue weighted by Gasteiger charge is -2.28. The van der Waals surface area contributed by atoms with Gasteiger partial charge in [0, 0.05) is 43.1 Å². The topological polar surface area (TPSA) is 44.4 Å². The van der Waals surface area contributed by atoms with Crippen LogP contribution in [0.25, 0.3) is 0 Å². The molecule has 2 aromatic rings. The van der Waals surface area contributed by atoms with Crippen LogP contribution < -0.4 is 15.5 Å². The quantitative estimate of drug-likeness (QED) is 0.717. The third-order valence-corrected chi connectivity index (χ3v) is 4.74. The Labute approximate surface area is 162 Å². The zero-order valence-electron chi connectivity index (χ0n) is 15.6. The lowest BCUT2D eigenvalue weighted by Crippen LogP contribution is -2.29. The maximum absolute atomic E-state index is 12.7. The third kappa shape index (κ3) is 5.65. The first-order chi connectivity index (χ1) is 13.4. The number of rotatable bonds is 6. The largest absolute Gasteiger partial charge is 0.416 e. The molecule has 0 bridgehead atoms. The van der Waals surface area contributed by atoms with Gasteiger partial charge >= 0.3 is 6.18 Å². The van der Waals surface area contributed by atoms with E-state index in [1.165, 1.54) is 25.3 Å². The summed E-state index contributed by atoms with van der Waals surface area (Å²) in [6, 6.07) is 12.7. The summed E-state index contributed by atoms with van der Waals surface area (Å²) in [6.45, 7) is 2.37. The number of anilines is 3. The van der Waals surface area contributed by atoms with E-state index in [4.69, 9.17) is 0 Å². The first-order valence-corrected chi connectivity index (χ1v) is 9.48. The van der Waals surface area contributed by atoms with Gasteiger partial charge in [0.1, 0.15) is 0 Å². The molecule has 7 heteroatoms. The molecule has 0 aliphatic carbocycles. The van der Waals surface area contributed by atoms with Crippen molar-refractivity contribution < 1.29 is 18.0 Å². The van der Waals surface area contributed by atoms with Crippen molar-refractivity contribution in [1.29, 1.82) is 0 Å². The van der Waals surface area contributed by atoms with E-state index in [0.29, 0.717) is 11.4 Å². The summed E-state index contributed by atoms with van der Waals surface area (Å²) in [4.78, 5) is 14.4. The monoisotopic (exact) mass is 391 g/mol. The van der Waals surface area contributed by atoms with Crippen LogP contribution in [-0.2, 0) is 11.0 Å². The zero-order valence-corrected chi connectivity index (χ0v) is 15.6. The molecular weight excluding hydrogens is 367 g/mol. The number of hydrogen-bond donors (Lipinski definition) is 2. The highest BCUT2D eigenvalue weighted by Gasteiger charge is 2.30. The molecule has 2 N–H and O–H groups in total. The van der Waals surface area contributed by atoms with Gasteiger partial charge in [-0.2, -0.15) is 13.2 Å². The number of alkyl halides is 3. The molecule has 1 aliphatic rings. The van der Waals surface area contributed by atoms with E-state index >= 15 is 0 Å². The normalized spacial score (nSPS) is 14.6. The average Bonchev–Trinajstić information content (AvgIpc) is 2.69. The van der Waals surface area contributed by atoms with Crippen molar-refractivity contribution in [2.45, 2.75) is 31.9 Å². The van der Waals surface area contributed by atoms with Gasteiger partial charge in [-0.15, -0.1) is 0 Å². The summed E-state index contributed by atoms with van der Waals surface area (Å²) < 4.78 is 38.1. The predicted molar refractivity (Wildman–Crippen MR) is 106 cm³/mol. The molecule has 1 aliphatic heterocycles. The molecular formula is C21H24F3N3O. The van der Waals surface area contributed by atoms with Gasteiger partial charge in [-0.05, 0) is 61.7 Å². The molecule has 1 fully saturated rings. The van der Waals surface area contributed by atoms with Crippen molar-refractivity contribution in [3.8, 4) is 0 Å². The minimum atomic E-state index is -4.38. The molecule has 150 valence electrons. The molecule has 0 atom stereocenters. The Morgan fingerprint density at radius 2 is 1.68 bits per heavy atom. The first-order valence-electron chi connectivity index (χ1n) is 9.48. The molecule has 0 radical (unpaired) electrons. The fourth-order valence-electron chi connectivity index (χ4n) is 3.26. The van der Waals surface area contributed by atoms with Crippen LogP contribution in [-0.4, -0.2) is 25.5 Å². The van der Waals surface area contributed by atoms with Crippen molar-refractivity contribution in [3.63, 3.8) is 0 Å². The molecule has 1 saturated heterocycles. The molecule has 0 unspecified atom stereocenters. The van der Waals surface area contributed by atoms with Gasteiger partial charge in [-0.1, -0.05) is 6.07 Å². The van der Waals surface area contributed by atoms with Gasteiger partial charge in [0.15, 0.2) is 0 Å². The number of piperidine rings is 1. The fourth-order valence-corrected chi connectivity index (χ4v) is 3.26. The lowest BCUT2D eigenvalue weighted by molar-refractivity contribution is -0.137. The van der Waals surface area contributed by atoms with Gasteiger partial charge in [-0.25, -0.2) is 0 Å². The molecule has 3 rings (SSSR count). The van der Waals surface area contributed by atoms with Crippen molar-refractivity contribution in [3.05, 3.63) is 54.1 Å². The van der Waals surface area contributed by atoms with Gasteiger partial charge in [0.25, 0.3) is 0 Å². The lowest BCUT2D eigenvalue weighted by atomic mass is 10.1. The van der Waals surface area contributed by atoms with Gasteiger partial charge < -0.3 is 15.5 Å². The average molecular weight is 391 g/mol. The van der Waals surface area contributed by atoms with E-state index in [-0.39, 0.29) is 18.9 Å². The van der Waals surface area contributed by atoms with E-state index in [1.807, 2.05) is 24.3 Å². The SMILES string of the molecule is O=C(CCNc1cccc(C(F)(F)F)c1)Nc1ccc(N2CCCCC2)cc1. The fraction of sp³-hybridized carbons (Fsp3) is 0.381. The number of carbonyl (C=O) groups is 1. The summed E-state index contributed by atoms with van der Waals surface area (Å²) in [7, 11) is 0. The van der Waals surface area contributed by atoms with E-state index in [0.717, 1.165) is 30.9 Å².